The highest BCUT2D eigenvalue weighted by atomic mass is 35.5. The van der Waals surface area contributed by atoms with Crippen molar-refractivity contribution >= 4 is 35.0 Å². The van der Waals surface area contributed by atoms with Crippen molar-refractivity contribution in [2.75, 3.05) is 6.54 Å². The minimum Gasteiger partial charge on any atom is -0.355 e. The fourth-order valence-electron chi connectivity index (χ4n) is 2.53. The van der Waals surface area contributed by atoms with Gasteiger partial charge in [0, 0.05) is 25.6 Å². The van der Waals surface area contributed by atoms with Gasteiger partial charge in [-0.2, -0.15) is 0 Å². The summed E-state index contributed by atoms with van der Waals surface area (Å²) in [6.45, 7) is 4.87. The van der Waals surface area contributed by atoms with Gasteiger partial charge < -0.3 is 10.2 Å². The summed E-state index contributed by atoms with van der Waals surface area (Å²) in [7, 11) is 0. The van der Waals surface area contributed by atoms with Gasteiger partial charge >= 0.3 is 0 Å². The molecule has 0 radical (unpaired) electrons. The third-order valence-corrected chi connectivity index (χ3v) is 4.60. The van der Waals surface area contributed by atoms with Crippen LogP contribution in [-0.4, -0.2) is 29.3 Å². The van der Waals surface area contributed by atoms with Gasteiger partial charge in [-0.3, -0.25) is 9.59 Å². The van der Waals surface area contributed by atoms with Crippen molar-refractivity contribution in [3.63, 3.8) is 0 Å². The van der Waals surface area contributed by atoms with Crippen LogP contribution in [0.4, 0.5) is 0 Å². The molecular weight excluding hydrogens is 323 g/mol. The smallest absolute Gasteiger partial charge is 0.228 e. The Hall–Kier alpha value is -1.26. The highest BCUT2D eigenvalue weighted by Crippen LogP contribution is 2.24. The molecule has 120 valence electrons. The molecule has 2 amide bonds. The summed E-state index contributed by atoms with van der Waals surface area (Å²) in [5.74, 6) is -0.0615. The number of piperidine rings is 1. The first kappa shape index (κ1) is 17.1. The van der Waals surface area contributed by atoms with Crippen LogP contribution in [0.1, 0.15) is 32.3 Å². The van der Waals surface area contributed by atoms with Gasteiger partial charge in [0.05, 0.1) is 16.0 Å². The first-order chi connectivity index (χ1) is 10.4. The molecule has 22 heavy (non-hydrogen) atoms. The molecule has 1 fully saturated rings. The SMILES string of the molecule is CC(C)N(Cc1ccc(Cl)c(Cl)c1)C(=O)[C@@H]1CCC(=O)NC1. The fourth-order valence-corrected chi connectivity index (χ4v) is 2.85. The van der Waals surface area contributed by atoms with Crippen molar-refractivity contribution in [2.45, 2.75) is 39.3 Å². The maximum Gasteiger partial charge on any atom is 0.228 e. The molecule has 1 saturated heterocycles. The average Bonchev–Trinajstić information content (AvgIpc) is 2.48. The van der Waals surface area contributed by atoms with Crippen LogP contribution >= 0.6 is 23.2 Å². The van der Waals surface area contributed by atoms with Gasteiger partial charge in [0.2, 0.25) is 11.8 Å². The van der Waals surface area contributed by atoms with Gasteiger partial charge in [0.1, 0.15) is 0 Å². The normalized spacial score (nSPS) is 18.2. The van der Waals surface area contributed by atoms with Crippen LogP contribution in [0.3, 0.4) is 0 Å². The second-order valence-corrected chi connectivity index (χ2v) is 6.66. The Kier molecular flexibility index (Phi) is 5.70. The molecule has 1 N–H and O–H groups in total. The molecule has 0 aromatic heterocycles. The quantitative estimate of drug-likeness (QED) is 0.912. The highest BCUT2D eigenvalue weighted by molar-refractivity contribution is 6.42. The Morgan fingerprint density at radius 1 is 1.36 bits per heavy atom. The van der Waals surface area contributed by atoms with E-state index in [0.29, 0.717) is 36.0 Å². The third-order valence-electron chi connectivity index (χ3n) is 3.86. The highest BCUT2D eigenvalue weighted by Gasteiger charge is 2.29. The van der Waals surface area contributed by atoms with Crippen molar-refractivity contribution < 1.29 is 9.59 Å². The van der Waals surface area contributed by atoms with Gasteiger partial charge in [-0.1, -0.05) is 29.3 Å². The van der Waals surface area contributed by atoms with Crippen molar-refractivity contribution in [3.05, 3.63) is 33.8 Å². The van der Waals surface area contributed by atoms with E-state index in [2.05, 4.69) is 5.32 Å². The molecule has 1 aliphatic heterocycles. The van der Waals surface area contributed by atoms with Gasteiger partial charge in [0.25, 0.3) is 0 Å². The zero-order valence-corrected chi connectivity index (χ0v) is 14.2. The van der Waals surface area contributed by atoms with E-state index in [9.17, 15) is 9.59 Å². The van der Waals surface area contributed by atoms with Crippen LogP contribution < -0.4 is 5.32 Å². The number of rotatable bonds is 4. The monoisotopic (exact) mass is 342 g/mol. The molecule has 1 aromatic rings. The molecule has 4 nitrogen and oxygen atoms in total. The number of carbonyl (C=O) groups is 2. The first-order valence-corrected chi connectivity index (χ1v) is 8.15. The number of hydrogen-bond acceptors (Lipinski definition) is 2. The van der Waals surface area contributed by atoms with Gasteiger partial charge in [-0.15, -0.1) is 0 Å². The fraction of sp³-hybridized carbons (Fsp3) is 0.500. The number of nitrogens with zero attached hydrogens (tertiary/aromatic N) is 1. The third kappa shape index (κ3) is 4.14. The van der Waals surface area contributed by atoms with Gasteiger partial charge in [-0.25, -0.2) is 0 Å². The Balaban J connectivity index is 2.10. The predicted octanol–water partition coefficient (Wildman–Crippen LogP) is 3.26. The topological polar surface area (TPSA) is 49.4 Å². The molecule has 0 unspecified atom stereocenters. The number of halogens is 2. The van der Waals surface area contributed by atoms with E-state index >= 15 is 0 Å². The Labute approximate surface area is 140 Å². The molecule has 1 aromatic carbocycles. The molecule has 1 heterocycles. The standard InChI is InChI=1S/C16H20Cl2N2O2/c1-10(2)20(9-11-3-5-13(17)14(18)7-11)16(22)12-4-6-15(21)19-8-12/h3,5,7,10,12H,4,6,8-9H2,1-2H3,(H,19,21)/t12-/m1/s1. The summed E-state index contributed by atoms with van der Waals surface area (Å²) in [5.41, 5.74) is 0.941. The summed E-state index contributed by atoms with van der Waals surface area (Å²) >= 11 is 12.0. The van der Waals surface area contributed by atoms with E-state index < -0.39 is 0 Å². The lowest BCUT2D eigenvalue weighted by Crippen LogP contribution is -2.46. The van der Waals surface area contributed by atoms with Crippen LogP contribution in [0.25, 0.3) is 0 Å². The Morgan fingerprint density at radius 2 is 2.09 bits per heavy atom. The molecule has 6 heteroatoms. The lowest BCUT2D eigenvalue weighted by Gasteiger charge is -2.32. The molecule has 0 spiro atoms. The Morgan fingerprint density at radius 3 is 2.64 bits per heavy atom. The Bertz CT molecular complexity index is 565. The zero-order valence-electron chi connectivity index (χ0n) is 12.7. The molecule has 0 bridgehead atoms. The van der Waals surface area contributed by atoms with Crippen molar-refractivity contribution in [3.8, 4) is 0 Å². The average molecular weight is 343 g/mol. The molecule has 1 aliphatic rings. The summed E-state index contributed by atoms with van der Waals surface area (Å²) in [6, 6.07) is 5.47. The predicted molar refractivity (Wildman–Crippen MR) is 87.9 cm³/mol. The van der Waals surface area contributed by atoms with E-state index in [0.717, 1.165) is 5.56 Å². The summed E-state index contributed by atoms with van der Waals surface area (Å²) in [4.78, 5) is 25.8. The molecule has 1 atom stereocenters. The van der Waals surface area contributed by atoms with Crippen molar-refractivity contribution in [2.24, 2.45) is 5.92 Å². The van der Waals surface area contributed by atoms with Crippen LogP contribution in [-0.2, 0) is 16.1 Å². The minimum atomic E-state index is -0.150. The minimum absolute atomic E-state index is 0.0182. The van der Waals surface area contributed by atoms with E-state index in [1.807, 2.05) is 24.8 Å². The van der Waals surface area contributed by atoms with Gasteiger partial charge in [-0.05, 0) is 38.0 Å². The number of amides is 2. The summed E-state index contributed by atoms with van der Waals surface area (Å²) in [5, 5.41) is 3.75. The number of hydrogen-bond donors (Lipinski definition) is 1. The number of benzene rings is 1. The van der Waals surface area contributed by atoms with Crippen LogP contribution in [0, 0.1) is 5.92 Å². The maximum atomic E-state index is 12.7. The summed E-state index contributed by atoms with van der Waals surface area (Å²) < 4.78 is 0. The maximum absolute atomic E-state index is 12.7. The lowest BCUT2D eigenvalue weighted by molar-refractivity contribution is -0.139. The largest absolute Gasteiger partial charge is 0.355 e. The van der Waals surface area contributed by atoms with Crippen LogP contribution in [0.5, 0.6) is 0 Å². The second-order valence-electron chi connectivity index (χ2n) is 5.85. The van der Waals surface area contributed by atoms with E-state index in [1.165, 1.54) is 0 Å². The molecular formula is C16H20Cl2N2O2. The lowest BCUT2D eigenvalue weighted by atomic mass is 9.96. The van der Waals surface area contributed by atoms with E-state index in [-0.39, 0.29) is 23.8 Å². The second kappa shape index (κ2) is 7.34. The molecule has 0 aliphatic carbocycles. The summed E-state index contributed by atoms with van der Waals surface area (Å²) in [6.07, 6.45) is 1.02. The van der Waals surface area contributed by atoms with Crippen LogP contribution in [0.15, 0.2) is 18.2 Å². The number of nitrogens with one attached hydrogen (secondary N) is 1. The zero-order chi connectivity index (χ0) is 16.3. The molecule has 2 rings (SSSR count). The van der Waals surface area contributed by atoms with Crippen molar-refractivity contribution in [1.82, 2.24) is 10.2 Å². The van der Waals surface area contributed by atoms with E-state index in [1.54, 1.807) is 12.1 Å². The van der Waals surface area contributed by atoms with Crippen LogP contribution in [0.2, 0.25) is 10.0 Å². The molecule has 0 saturated carbocycles. The van der Waals surface area contributed by atoms with E-state index in [4.69, 9.17) is 23.2 Å². The van der Waals surface area contributed by atoms with Crippen molar-refractivity contribution in [1.29, 1.82) is 0 Å². The number of carbonyl (C=O) groups excluding carboxylic acids is 2. The van der Waals surface area contributed by atoms with Gasteiger partial charge in [0.15, 0.2) is 0 Å². The first-order valence-electron chi connectivity index (χ1n) is 7.39.